The highest BCUT2D eigenvalue weighted by molar-refractivity contribution is 7.89. The molecule has 7 heteroatoms. The lowest BCUT2D eigenvalue weighted by Crippen LogP contribution is -2.37. The quantitative estimate of drug-likeness (QED) is 0.645. The van der Waals surface area contributed by atoms with E-state index in [0.29, 0.717) is 10.7 Å². The molecule has 0 aromatic heterocycles. The number of carbonyl (C=O) groups excluding carboxylic acids is 1. The number of nitrogens with zero attached hydrogens (tertiary/aromatic N) is 1. The van der Waals surface area contributed by atoms with Crippen LogP contribution in [0.25, 0.3) is 10.8 Å². The van der Waals surface area contributed by atoms with Crippen molar-refractivity contribution < 1.29 is 13.2 Å². The summed E-state index contributed by atoms with van der Waals surface area (Å²) in [6.45, 7) is 3.45. The van der Waals surface area contributed by atoms with E-state index in [1.165, 1.54) is 0 Å². The number of carbonyl (C=O) groups is 1. The van der Waals surface area contributed by atoms with Crippen molar-refractivity contribution in [2.75, 3.05) is 18.4 Å². The second-order valence-corrected chi connectivity index (χ2v) is 8.82. The first kappa shape index (κ1) is 20.3. The number of benzene rings is 3. The van der Waals surface area contributed by atoms with E-state index in [2.05, 4.69) is 5.32 Å². The van der Waals surface area contributed by atoms with Crippen LogP contribution in [0.1, 0.15) is 12.5 Å². The van der Waals surface area contributed by atoms with E-state index in [4.69, 9.17) is 11.6 Å². The van der Waals surface area contributed by atoms with Crippen molar-refractivity contribution in [2.24, 2.45) is 0 Å². The summed E-state index contributed by atoms with van der Waals surface area (Å²) >= 11 is 5.98. The van der Waals surface area contributed by atoms with Gasteiger partial charge in [-0.1, -0.05) is 54.9 Å². The zero-order chi connectivity index (χ0) is 20.3. The molecule has 3 aromatic carbocycles. The lowest BCUT2D eigenvalue weighted by Gasteiger charge is -2.20. The lowest BCUT2D eigenvalue weighted by molar-refractivity contribution is -0.116. The zero-order valence-electron chi connectivity index (χ0n) is 15.6. The number of amides is 1. The Kier molecular flexibility index (Phi) is 6.03. The van der Waals surface area contributed by atoms with Gasteiger partial charge in [-0.05, 0) is 47.5 Å². The molecule has 0 atom stereocenters. The van der Waals surface area contributed by atoms with Crippen LogP contribution in [0.15, 0.2) is 65.6 Å². The number of sulfonamides is 1. The minimum atomic E-state index is -3.80. The van der Waals surface area contributed by atoms with E-state index in [-0.39, 0.29) is 18.0 Å². The molecule has 0 saturated heterocycles. The predicted molar refractivity (Wildman–Crippen MR) is 113 cm³/mol. The van der Waals surface area contributed by atoms with E-state index in [0.717, 1.165) is 20.6 Å². The van der Waals surface area contributed by atoms with Gasteiger partial charge in [-0.3, -0.25) is 4.79 Å². The molecular formula is C21H21ClN2O3S. The van der Waals surface area contributed by atoms with Gasteiger partial charge < -0.3 is 5.32 Å². The third-order valence-electron chi connectivity index (χ3n) is 4.51. The predicted octanol–water partition coefficient (Wildman–Crippen LogP) is 4.45. The first-order chi connectivity index (χ1) is 13.3. The third-order valence-corrected chi connectivity index (χ3v) is 6.66. The van der Waals surface area contributed by atoms with E-state index < -0.39 is 15.9 Å². The van der Waals surface area contributed by atoms with Crippen LogP contribution in [0.2, 0.25) is 5.02 Å². The zero-order valence-corrected chi connectivity index (χ0v) is 17.2. The van der Waals surface area contributed by atoms with Gasteiger partial charge >= 0.3 is 0 Å². The van der Waals surface area contributed by atoms with E-state index in [9.17, 15) is 13.2 Å². The van der Waals surface area contributed by atoms with Crippen LogP contribution >= 0.6 is 11.6 Å². The summed E-state index contributed by atoms with van der Waals surface area (Å²) in [6, 6.07) is 17.7. The standard InChI is InChI=1S/C21H21ClN2O3S/c1-3-24(14-21(25)23-20-13-18(22)10-8-15(20)2)28(26,27)19-11-9-16-6-4-5-7-17(16)12-19/h4-13H,3,14H2,1-2H3,(H,23,25). The molecule has 0 aliphatic carbocycles. The third kappa shape index (κ3) is 4.35. The molecule has 3 aromatic rings. The Balaban J connectivity index is 1.82. The van der Waals surface area contributed by atoms with Crippen molar-refractivity contribution in [2.45, 2.75) is 18.7 Å². The number of rotatable bonds is 6. The SMILES string of the molecule is CCN(CC(=O)Nc1cc(Cl)ccc1C)S(=O)(=O)c1ccc2ccccc2c1. The fourth-order valence-corrected chi connectivity index (χ4v) is 4.54. The van der Waals surface area contributed by atoms with E-state index in [1.54, 1.807) is 43.3 Å². The molecule has 1 amide bonds. The fraction of sp³-hybridized carbons (Fsp3) is 0.190. The molecule has 0 aliphatic heterocycles. The number of likely N-dealkylation sites (N-methyl/N-ethyl adjacent to an activating group) is 1. The van der Waals surface area contributed by atoms with Crippen molar-refractivity contribution in [3.05, 3.63) is 71.2 Å². The highest BCUT2D eigenvalue weighted by atomic mass is 35.5. The van der Waals surface area contributed by atoms with Crippen molar-refractivity contribution in [3.63, 3.8) is 0 Å². The number of aryl methyl sites for hydroxylation is 1. The number of hydrogen-bond acceptors (Lipinski definition) is 3. The van der Waals surface area contributed by atoms with Crippen LogP contribution in [-0.2, 0) is 14.8 Å². The highest BCUT2D eigenvalue weighted by Crippen LogP contribution is 2.23. The number of anilines is 1. The van der Waals surface area contributed by atoms with Crippen molar-refractivity contribution in [1.82, 2.24) is 4.31 Å². The molecule has 5 nitrogen and oxygen atoms in total. The molecule has 0 radical (unpaired) electrons. The molecule has 0 aliphatic rings. The average Bonchev–Trinajstić information content (AvgIpc) is 2.68. The summed E-state index contributed by atoms with van der Waals surface area (Å²) in [6.07, 6.45) is 0. The average molecular weight is 417 g/mol. The smallest absolute Gasteiger partial charge is 0.243 e. The molecule has 0 spiro atoms. The molecule has 0 saturated carbocycles. The summed E-state index contributed by atoms with van der Waals surface area (Å²) in [5.74, 6) is -0.420. The normalized spacial score (nSPS) is 11.7. The van der Waals surface area contributed by atoms with Crippen molar-refractivity contribution >= 4 is 44.0 Å². The van der Waals surface area contributed by atoms with Crippen molar-refractivity contribution in [1.29, 1.82) is 0 Å². The number of nitrogens with one attached hydrogen (secondary N) is 1. The Morgan fingerprint density at radius 1 is 1.04 bits per heavy atom. The van der Waals surface area contributed by atoms with Crippen LogP contribution < -0.4 is 5.32 Å². The Morgan fingerprint density at radius 2 is 1.75 bits per heavy atom. The molecular weight excluding hydrogens is 396 g/mol. The molecule has 1 N–H and O–H groups in total. The number of halogens is 1. The maximum absolute atomic E-state index is 13.0. The molecule has 3 rings (SSSR count). The number of fused-ring (bicyclic) bond motifs is 1. The van der Waals surface area contributed by atoms with Crippen LogP contribution in [0.3, 0.4) is 0 Å². The van der Waals surface area contributed by atoms with Gasteiger partial charge in [0.05, 0.1) is 11.4 Å². The van der Waals surface area contributed by atoms with Gasteiger partial charge in [0.1, 0.15) is 0 Å². The summed E-state index contributed by atoms with van der Waals surface area (Å²) < 4.78 is 27.2. The molecule has 146 valence electrons. The topological polar surface area (TPSA) is 66.5 Å². The van der Waals surface area contributed by atoms with Crippen LogP contribution in [-0.4, -0.2) is 31.7 Å². The maximum Gasteiger partial charge on any atom is 0.243 e. The van der Waals surface area contributed by atoms with Gasteiger partial charge in [0, 0.05) is 17.3 Å². The fourth-order valence-electron chi connectivity index (χ4n) is 2.92. The Labute approximate surface area is 170 Å². The van der Waals surface area contributed by atoms with Gasteiger partial charge in [-0.15, -0.1) is 0 Å². The minimum Gasteiger partial charge on any atom is -0.325 e. The number of hydrogen-bond donors (Lipinski definition) is 1. The van der Waals surface area contributed by atoms with Gasteiger partial charge in [-0.25, -0.2) is 8.42 Å². The van der Waals surface area contributed by atoms with E-state index in [1.807, 2.05) is 31.2 Å². The van der Waals surface area contributed by atoms with E-state index >= 15 is 0 Å². The minimum absolute atomic E-state index is 0.166. The first-order valence-electron chi connectivity index (χ1n) is 8.86. The second-order valence-electron chi connectivity index (χ2n) is 6.45. The maximum atomic E-state index is 13.0. The molecule has 0 unspecified atom stereocenters. The second kappa shape index (κ2) is 8.31. The van der Waals surface area contributed by atoms with Crippen molar-refractivity contribution in [3.8, 4) is 0 Å². The summed E-state index contributed by atoms with van der Waals surface area (Å²) in [4.78, 5) is 12.6. The summed E-state index contributed by atoms with van der Waals surface area (Å²) in [5, 5.41) is 5.03. The molecule has 0 bridgehead atoms. The van der Waals surface area contributed by atoms with Gasteiger partial charge in [-0.2, -0.15) is 4.31 Å². The monoisotopic (exact) mass is 416 g/mol. The van der Waals surface area contributed by atoms with Crippen LogP contribution in [0, 0.1) is 6.92 Å². The molecule has 0 fully saturated rings. The largest absolute Gasteiger partial charge is 0.325 e. The van der Waals surface area contributed by atoms with Gasteiger partial charge in [0.25, 0.3) is 0 Å². The van der Waals surface area contributed by atoms with Crippen LogP contribution in [0.5, 0.6) is 0 Å². The van der Waals surface area contributed by atoms with Gasteiger partial charge in [0.2, 0.25) is 15.9 Å². The first-order valence-corrected chi connectivity index (χ1v) is 10.7. The van der Waals surface area contributed by atoms with Gasteiger partial charge in [0.15, 0.2) is 0 Å². The molecule has 0 heterocycles. The lowest BCUT2D eigenvalue weighted by atomic mass is 10.1. The summed E-state index contributed by atoms with van der Waals surface area (Å²) in [7, 11) is -3.80. The van der Waals surface area contributed by atoms with Crippen LogP contribution in [0.4, 0.5) is 5.69 Å². The Hall–Kier alpha value is -2.41. The summed E-state index contributed by atoms with van der Waals surface area (Å²) in [5.41, 5.74) is 1.41. The Morgan fingerprint density at radius 3 is 2.46 bits per heavy atom. The Bertz CT molecular complexity index is 1130. The molecule has 28 heavy (non-hydrogen) atoms. The highest BCUT2D eigenvalue weighted by Gasteiger charge is 2.25.